The molecule has 0 aliphatic carbocycles. The fraction of sp³-hybridized carbons (Fsp3) is 0.111. The molecule has 2 heteroatoms. The Bertz CT molecular complexity index is 740. The summed E-state index contributed by atoms with van der Waals surface area (Å²) in [5, 5.41) is 1.19. The Labute approximate surface area is 118 Å². The van der Waals surface area contributed by atoms with Gasteiger partial charge in [0.05, 0.1) is 12.3 Å². The van der Waals surface area contributed by atoms with Crippen LogP contribution in [0.25, 0.3) is 27.8 Å². The van der Waals surface area contributed by atoms with E-state index in [4.69, 9.17) is 4.74 Å². The fourth-order valence-corrected chi connectivity index (χ4v) is 2.50. The molecule has 1 aromatic heterocycles. The largest absolute Gasteiger partial charge is 0.492 e. The highest BCUT2D eigenvalue weighted by Crippen LogP contribution is 2.35. The van der Waals surface area contributed by atoms with Gasteiger partial charge >= 0.3 is 0 Å². The van der Waals surface area contributed by atoms with Gasteiger partial charge in [-0.05, 0) is 18.6 Å². The number of H-pyrrole nitrogens is 1. The topological polar surface area (TPSA) is 25.0 Å². The Morgan fingerprint density at radius 1 is 1.05 bits per heavy atom. The number of aromatic nitrogens is 1. The van der Waals surface area contributed by atoms with Gasteiger partial charge in [-0.25, -0.2) is 0 Å². The third-order valence-electron chi connectivity index (χ3n) is 3.37. The van der Waals surface area contributed by atoms with Crippen molar-refractivity contribution in [2.24, 2.45) is 0 Å². The van der Waals surface area contributed by atoms with Gasteiger partial charge in [0.1, 0.15) is 5.76 Å². The first-order valence-electron chi connectivity index (χ1n) is 6.79. The van der Waals surface area contributed by atoms with Gasteiger partial charge in [0, 0.05) is 16.5 Å². The van der Waals surface area contributed by atoms with E-state index in [0.717, 1.165) is 16.8 Å². The van der Waals surface area contributed by atoms with Crippen molar-refractivity contribution in [3.05, 3.63) is 66.9 Å². The van der Waals surface area contributed by atoms with Crippen molar-refractivity contribution in [2.45, 2.75) is 6.92 Å². The van der Waals surface area contributed by atoms with E-state index in [-0.39, 0.29) is 0 Å². The minimum Gasteiger partial charge on any atom is -0.492 e. The zero-order chi connectivity index (χ0) is 13.9. The fourth-order valence-electron chi connectivity index (χ4n) is 2.50. The van der Waals surface area contributed by atoms with Crippen LogP contribution in [0.2, 0.25) is 0 Å². The highest BCUT2D eigenvalue weighted by molar-refractivity contribution is 6.00. The highest BCUT2D eigenvalue weighted by atomic mass is 16.5. The molecule has 2 nitrogen and oxygen atoms in total. The second kappa shape index (κ2) is 5.25. The average molecular weight is 263 g/mol. The molecule has 100 valence electrons. The quantitative estimate of drug-likeness (QED) is 0.669. The van der Waals surface area contributed by atoms with Crippen LogP contribution >= 0.6 is 0 Å². The first kappa shape index (κ1) is 12.5. The molecule has 0 atom stereocenters. The number of para-hydroxylation sites is 1. The molecule has 0 radical (unpaired) electrons. The summed E-state index contributed by atoms with van der Waals surface area (Å²) in [6.07, 6.45) is 0. The molecule has 0 aliphatic heterocycles. The number of rotatable bonds is 4. The Balaban J connectivity index is 2.26. The molecule has 0 fully saturated rings. The third kappa shape index (κ3) is 2.10. The molecule has 1 heterocycles. The summed E-state index contributed by atoms with van der Waals surface area (Å²) in [5.41, 5.74) is 4.38. The van der Waals surface area contributed by atoms with Crippen LogP contribution in [-0.2, 0) is 4.74 Å². The predicted octanol–water partition coefficient (Wildman–Crippen LogP) is 4.84. The van der Waals surface area contributed by atoms with Gasteiger partial charge in [-0.2, -0.15) is 0 Å². The van der Waals surface area contributed by atoms with Crippen molar-refractivity contribution in [1.29, 1.82) is 0 Å². The van der Waals surface area contributed by atoms with E-state index in [9.17, 15) is 0 Å². The van der Waals surface area contributed by atoms with Crippen LogP contribution in [0.5, 0.6) is 0 Å². The Morgan fingerprint density at radius 2 is 1.75 bits per heavy atom. The lowest BCUT2D eigenvalue weighted by molar-refractivity contribution is 0.298. The van der Waals surface area contributed by atoms with Crippen LogP contribution in [0.15, 0.2) is 61.2 Å². The van der Waals surface area contributed by atoms with E-state index in [0.29, 0.717) is 12.4 Å². The molecule has 0 aliphatic rings. The van der Waals surface area contributed by atoms with Crippen molar-refractivity contribution >= 4 is 16.7 Å². The van der Waals surface area contributed by atoms with Gasteiger partial charge in [-0.15, -0.1) is 0 Å². The average Bonchev–Trinajstić information content (AvgIpc) is 2.88. The summed E-state index contributed by atoms with van der Waals surface area (Å²) in [7, 11) is 0. The van der Waals surface area contributed by atoms with Crippen LogP contribution in [0.4, 0.5) is 0 Å². The van der Waals surface area contributed by atoms with Gasteiger partial charge in [0.2, 0.25) is 0 Å². The highest BCUT2D eigenvalue weighted by Gasteiger charge is 2.15. The molecule has 3 aromatic rings. The van der Waals surface area contributed by atoms with E-state index >= 15 is 0 Å². The molecule has 0 saturated carbocycles. The molecule has 0 saturated heterocycles. The number of fused-ring (bicyclic) bond motifs is 1. The normalized spacial score (nSPS) is 10.7. The minimum absolute atomic E-state index is 0.614. The maximum Gasteiger partial charge on any atom is 0.136 e. The van der Waals surface area contributed by atoms with Crippen LogP contribution in [0, 0.1) is 0 Å². The lowest BCUT2D eigenvalue weighted by Gasteiger charge is -2.08. The number of hydrogen-bond acceptors (Lipinski definition) is 1. The van der Waals surface area contributed by atoms with Gasteiger partial charge in [0.25, 0.3) is 0 Å². The van der Waals surface area contributed by atoms with Crippen LogP contribution in [-0.4, -0.2) is 11.6 Å². The summed E-state index contributed by atoms with van der Waals surface area (Å²) in [5.74, 6) is 0.683. The molecular formula is C18H17NO. The zero-order valence-electron chi connectivity index (χ0n) is 11.5. The molecule has 1 N–H and O–H groups in total. The lowest BCUT2D eigenvalue weighted by Crippen LogP contribution is -1.92. The van der Waals surface area contributed by atoms with Gasteiger partial charge in [-0.1, -0.05) is 55.1 Å². The molecular weight excluding hydrogens is 246 g/mol. The predicted molar refractivity (Wildman–Crippen MR) is 84.4 cm³/mol. The second-order valence-electron chi connectivity index (χ2n) is 4.64. The number of aromatic amines is 1. The van der Waals surface area contributed by atoms with E-state index in [1.165, 1.54) is 10.9 Å². The SMILES string of the molecule is C=C(OCC)c1[nH]c2ccccc2c1-c1ccccc1. The zero-order valence-corrected chi connectivity index (χ0v) is 11.5. The van der Waals surface area contributed by atoms with Crippen molar-refractivity contribution in [3.63, 3.8) is 0 Å². The summed E-state index contributed by atoms with van der Waals surface area (Å²) in [4.78, 5) is 3.42. The summed E-state index contributed by atoms with van der Waals surface area (Å²) in [6, 6.07) is 18.6. The monoisotopic (exact) mass is 263 g/mol. The number of benzene rings is 2. The van der Waals surface area contributed by atoms with Gasteiger partial charge in [0.15, 0.2) is 0 Å². The van der Waals surface area contributed by atoms with Crippen molar-refractivity contribution in [2.75, 3.05) is 6.61 Å². The Kier molecular flexibility index (Phi) is 3.30. The molecule has 0 unspecified atom stereocenters. The Hall–Kier alpha value is -2.48. The lowest BCUT2D eigenvalue weighted by atomic mass is 10.0. The third-order valence-corrected chi connectivity index (χ3v) is 3.37. The molecule has 0 amide bonds. The van der Waals surface area contributed by atoms with Crippen molar-refractivity contribution in [1.82, 2.24) is 4.98 Å². The molecule has 0 spiro atoms. The standard InChI is InChI=1S/C18H17NO/c1-3-20-13(2)18-17(14-9-5-4-6-10-14)15-11-7-8-12-16(15)19-18/h4-12,19H,2-3H2,1H3. The van der Waals surface area contributed by atoms with E-state index in [2.05, 4.69) is 41.9 Å². The second-order valence-corrected chi connectivity index (χ2v) is 4.64. The number of nitrogens with one attached hydrogen (secondary N) is 1. The van der Waals surface area contributed by atoms with E-state index in [1.807, 2.05) is 31.2 Å². The van der Waals surface area contributed by atoms with Crippen LogP contribution in [0.3, 0.4) is 0 Å². The molecule has 3 rings (SSSR count). The first-order valence-corrected chi connectivity index (χ1v) is 6.79. The van der Waals surface area contributed by atoms with E-state index < -0.39 is 0 Å². The van der Waals surface area contributed by atoms with Gasteiger partial charge in [-0.3, -0.25) is 0 Å². The smallest absolute Gasteiger partial charge is 0.136 e. The van der Waals surface area contributed by atoms with Crippen molar-refractivity contribution in [3.8, 4) is 11.1 Å². The van der Waals surface area contributed by atoms with Gasteiger partial charge < -0.3 is 9.72 Å². The minimum atomic E-state index is 0.614. The van der Waals surface area contributed by atoms with E-state index in [1.54, 1.807) is 0 Å². The van der Waals surface area contributed by atoms with Crippen LogP contribution < -0.4 is 0 Å². The summed E-state index contributed by atoms with van der Waals surface area (Å²) >= 11 is 0. The molecule has 0 bridgehead atoms. The van der Waals surface area contributed by atoms with Crippen molar-refractivity contribution < 1.29 is 4.74 Å². The molecule has 20 heavy (non-hydrogen) atoms. The maximum atomic E-state index is 5.59. The summed E-state index contributed by atoms with van der Waals surface area (Å²) < 4.78 is 5.59. The summed E-state index contributed by atoms with van der Waals surface area (Å²) in [6.45, 7) is 6.62. The Morgan fingerprint density at radius 3 is 2.50 bits per heavy atom. The first-order chi connectivity index (χ1) is 9.81. The molecule has 2 aromatic carbocycles. The number of ether oxygens (including phenoxy) is 1. The van der Waals surface area contributed by atoms with Crippen LogP contribution in [0.1, 0.15) is 12.6 Å². The number of hydrogen-bond donors (Lipinski definition) is 1. The maximum absolute atomic E-state index is 5.59.